The zero-order valence-corrected chi connectivity index (χ0v) is 23.3. The predicted octanol–water partition coefficient (Wildman–Crippen LogP) is 4.81. The van der Waals surface area contributed by atoms with Gasteiger partial charge in [-0.1, -0.05) is 72.2 Å². The number of aromatic nitrogens is 1. The molecule has 0 aliphatic carbocycles. The molecule has 208 valence electrons. The smallest absolute Gasteiger partial charge is 0.241 e. The normalized spacial score (nSPS) is 17.1. The van der Waals surface area contributed by atoms with Crippen molar-refractivity contribution in [3.05, 3.63) is 95.4 Å². The monoisotopic (exact) mass is 558 g/mol. The van der Waals surface area contributed by atoms with Gasteiger partial charge in [-0.3, -0.25) is 9.69 Å². The van der Waals surface area contributed by atoms with E-state index in [1.807, 2.05) is 54.6 Å². The van der Waals surface area contributed by atoms with Crippen molar-refractivity contribution < 1.29 is 17.7 Å². The lowest BCUT2D eigenvalue weighted by molar-refractivity contribution is -0.132. The summed E-state index contributed by atoms with van der Waals surface area (Å²) >= 11 is 0. The van der Waals surface area contributed by atoms with Gasteiger partial charge in [0.05, 0.1) is 17.5 Å². The molecule has 1 fully saturated rings. The number of sulfonamides is 1. The van der Waals surface area contributed by atoms with Crippen LogP contribution in [0, 0.1) is 0 Å². The highest BCUT2D eigenvalue weighted by Gasteiger charge is 2.31. The van der Waals surface area contributed by atoms with Crippen molar-refractivity contribution in [1.82, 2.24) is 19.7 Å². The summed E-state index contributed by atoms with van der Waals surface area (Å²) in [5.74, 6) is 0.749. The summed E-state index contributed by atoms with van der Waals surface area (Å²) in [7, 11) is -3.89. The second kappa shape index (κ2) is 11.5. The number of likely N-dealkylation sites (tertiary alicyclic amines) is 1. The van der Waals surface area contributed by atoms with Gasteiger partial charge in [-0.25, -0.2) is 13.1 Å². The SMILES string of the molecule is O=C(CC(NS(=O)(=O)c1ccc2ccccc2c1)c1ccccc1)N1CCc2onc(CN3CCCCC3)c2C1. The van der Waals surface area contributed by atoms with Gasteiger partial charge in [-0.05, 0) is 54.4 Å². The lowest BCUT2D eigenvalue weighted by Gasteiger charge is -2.29. The second-order valence-electron chi connectivity index (χ2n) is 10.7. The van der Waals surface area contributed by atoms with Gasteiger partial charge < -0.3 is 9.42 Å². The summed E-state index contributed by atoms with van der Waals surface area (Å²) in [5, 5.41) is 6.16. The van der Waals surface area contributed by atoms with Gasteiger partial charge in [0, 0.05) is 31.5 Å². The fraction of sp³-hybridized carbons (Fsp3) is 0.355. The third kappa shape index (κ3) is 5.82. The van der Waals surface area contributed by atoms with Gasteiger partial charge in [-0.15, -0.1) is 0 Å². The molecule has 0 spiro atoms. The molecule has 9 heteroatoms. The fourth-order valence-electron chi connectivity index (χ4n) is 5.74. The number of fused-ring (bicyclic) bond motifs is 2. The Morgan fingerprint density at radius 2 is 1.68 bits per heavy atom. The van der Waals surface area contributed by atoms with Crippen molar-refractivity contribution in [2.75, 3.05) is 19.6 Å². The number of nitrogens with zero attached hydrogens (tertiary/aromatic N) is 3. The minimum atomic E-state index is -3.89. The number of carbonyl (C=O) groups is 1. The first-order chi connectivity index (χ1) is 19.5. The highest BCUT2D eigenvalue weighted by atomic mass is 32.2. The maximum atomic E-state index is 13.6. The fourth-order valence-corrected chi connectivity index (χ4v) is 7.00. The summed E-state index contributed by atoms with van der Waals surface area (Å²) in [6, 6.07) is 21.3. The van der Waals surface area contributed by atoms with Crippen molar-refractivity contribution in [1.29, 1.82) is 0 Å². The Kier molecular flexibility index (Phi) is 7.69. The summed E-state index contributed by atoms with van der Waals surface area (Å²) in [6.07, 6.45) is 4.27. The van der Waals surface area contributed by atoms with E-state index in [0.29, 0.717) is 19.5 Å². The van der Waals surface area contributed by atoms with Crippen LogP contribution in [0.2, 0.25) is 0 Å². The molecule has 1 aromatic heterocycles. The predicted molar refractivity (Wildman–Crippen MR) is 153 cm³/mol. The number of rotatable bonds is 8. The lowest BCUT2D eigenvalue weighted by atomic mass is 10.0. The summed E-state index contributed by atoms with van der Waals surface area (Å²) in [4.78, 5) is 18.0. The first-order valence-corrected chi connectivity index (χ1v) is 15.5. The molecule has 1 saturated heterocycles. The van der Waals surface area contributed by atoms with Crippen molar-refractivity contribution in [3.63, 3.8) is 0 Å². The minimum absolute atomic E-state index is 0.0128. The van der Waals surface area contributed by atoms with E-state index < -0.39 is 16.1 Å². The average Bonchev–Trinajstić information content (AvgIpc) is 3.39. The van der Waals surface area contributed by atoms with Gasteiger partial charge in [0.15, 0.2) is 0 Å². The zero-order valence-electron chi connectivity index (χ0n) is 22.5. The molecule has 4 aromatic rings. The summed E-state index contributed by atoms with van der Waals surface area (Å²) in [6.45, 7) is 3.79. The largest absolute Gasteiger partial charge is 0.361 e. The van der Waals surface area contributed by atoms with Gasteiger partial charge in [0.1, 0.15) is 11.5 Å². The van der Waals surface area contributed by atoms with Crippen LogP contribution in [-0.2, 0) is 34.3 Å². The van der Waals surface area contributed by atoms with E-state index >= 15 is 0 Å². The Morgan fingerprint density at radius 3 is 2.48 bits per heavy atom. The molecule has 2 aliphatic rings. The summed E-state index contributed by atoms with van der Waals surface area (Å²) in [5.41, 5.74) is 2.65. The summed E-state index contributed by atoms with van der Waals surface area (Å²) < 4.78 is 35.5. The third-order valence-corrected chi connectivity index (χ3v) is 9.46. The lowest BCUT2D eigenvalue weighted by Crippen LogP contribution is -2.39. The Bertz CT molecular complexity index is 1600. The molecule has 3 aromatic carbocycles. The molecular formula is C31H34N4O4S. The van der Waals surface area contributed by atoms with E-state index in [4.69, 9.17) is 4.52 Å². The average molecular weight is 559 g/mol. The van der Waals surface area contributed by atoms with Gasteiger partial charge in [-0.2, -0.15) is 0 Å². The highest BCUT2D eigenvalue weighted by molar-refractivity contribution is 7.89. The number of carbonyl (C=O) groups excluding carboxylic acids is 1. The van der Waals surface area contributed by atoms with Gasteiger partial charge >= 0.3 is 0 Å². The van der Waals surface area contributed by atoms with Crippen LogP contribution in [0.15, 0.2) is 82.2 Å². The van der Waals surface area contributed by atoms with Crippen LogP contribution in [0.1, 0.15) is 54.3 Å². The van der Waals surface area contributed by atoms with Crippen LogP contribution in [0.5, 0.6) is 0 Å². The molecule has 1 amide bonds. The first-order valence-electron chi connectivity index (χ1n) is 14.0. The van der Waals surface area contributed by atoms with Crippen LogP contribution in [0.4, 0.5) is 0 Å². The third-order valence-electron chi connectivity index (χ3n) is 7.99. The van der Waals surface area contributed by atoms with Gasteiger partial charge in [0.25, 0.3) is 0 Å². The van der Waals surface area contributed by atoms with Crippen LogP contribution in [0.25, 0.3) is 10.8 Å². The van der Waals surface area contributed by atoms with Crippen molar-refractivity contribution in [2.24, 2.45) is 0 Å². The molecule has 8 nitrogen and oxygen atoms in total. The molecule has 40 heavy (non-hydrogen) atoms. The van der Waals surface area contributed by atoms with E-state index in [0.717, 1.165) is 53.0 Å². The number of benzene rings is 3. The zero-order chi connectivity index (χ0) is 27.5. The topological polar surface area (TPSA) is 95.8 Å². The minimum Gasteiger partial charge on any atom is -0.361 e. The number of hydrogen-bond acceptors (Lipinski definition) is 6. The molecule has 0 radical (unpaired) electrons. The molecule has 1 atom stereocenters. The highest BCUT2D eigenvalue weighted by Crippen LogP contribution is 2.28. The molecule has 1 unspecified atom stereocenters. The quantitative estimate of drug-likeness (QED) is 0.334. The van der Waals surface area contributed by atoms with Crippen molar-refractivity contribution >= 4 is 26.7 Å². The Balaban J connectivity index is 1.20. The molecule has 0 bridgehead atoms. The van der Waals surface area contributed by atoms with E-state index in [1.165, 1.54) is 19.3 Å². The molecule has 3 heterocycles. The van der Waals surface area contributed by atoms with Crippen LogP contribution in [0.3, 0.4) is 0 Å². The van der Waals surface area contributed by atoms with Crippen LogP contribution >= 0.6 is 0 Å². The Hall–Kier alpha value is -3.53. The number of amides is 1. The van der Waals surface area contributed by atoms with E-state index in [2.05, 4.69) is 14.8 Å². The molecule has 0 saturated carbocycles. The number of piperidine rings is 1. The Morgan fingerprint density at radius 1 is 0.925 bits per heavy atom. The van der Waals surface area contributed by atoms with Crippen molar-refractivity contribution in [3.8, 4) is 0 Å². The molecule has 2 aliphatic heterocycles. The molecular weight excluding hydrogens is 524 g/mol. The first kappa shape index (κ1) is 26.7. The van der Waals surface area contributed by atoms with Crippen molar-refractivity contribution in [2.45, 2.75) is 56.1 Å². The Labute approximate surface area is 235 Å². The van der Waals surface area contributed by atoms with Gasteiger partial charge in [0.2, 0.25) is 15.9 Å². The number of nitrogens with one attached hydrogen (secondary N) is 1. The maximum absolute atomic E-state index is 13.6. The standard InChI is InChI=1S/C31H34N4O4S/c36-31(35-18-15-30-27(21-35)29(32-39-30)22-34-16-7-2-8-17-34)20-28(24-10-3-1-4-11-24)33-40(37,38)26-14-13-23-9-5-6-12-25(23)19-26/h1,3-6,9-14,19,28,33H,2,7-8,15-18,20-22H2. The van der Waals surface area contributed by atoms with Crippen LogP contribution in [-0.4, -0.2) is 48.9 Å². The molecule has 6 rings (SSSR count). The maximum Gasteiger partial charge on any atom is 0.241 e. The number of hydrogen-bond donors (Lipinski definition) is 1. The molecule has 1 N–H and O–H groups in total. The van der Waals surface area contributed by atoms with E-state index in [9.17, 15) is 13.2 Å². The van der Waals surface area contributed by atoms with E-state index in [1.54, 1.807) is 23.1 Å². The van der Waals surface area contributed by atoms with E-state index in [-0.39, 0.29) is 17.2 Å². The van der Waals surface area contributed by atoms with Crippen LogP contribution < -0.4 is 4.72 Å². The second-order valence-corrected chi connectivity index (χ2v) is 12.4.